The molecule has 23 heavy (non-hydrogen) atoms. The third-order valence-corrected chi connectivity index (χ3v) is 5.18. The Kier molecular flexibility index (Phi) is 3.45. The number of aryl methyl sites for hydroxylation is 1. The Bertz CT molecular complexity index is 813. The molecule has 2 aliphatic heterocycles. The molecular weight excluding hydrogens is 292 g/mol. The lowest BCUT2D eigenvalue weighted by molar-refractivity contribution is 0.0675. The van der Waals surface area contributed by atoms with Crippen molar-refractivity contribution in [2.45, 2.75) is 38.3 Å². The molecule has 0 spiro atoms. The molecule has 4 rings (SSSR count). The average molecular weight is 312 g/mol. The molecule has 2 unspecified atom stereocenters. The van der Waals surface area contributed by atoms with E-state index in [-0.39, 0.29) is 23.6 Å². The summed E-state index contributed by atoms with van der Waals surface area (Å²) in [5.74, 6) is -0.168. The number of nitrogens with zero attached hydrogens (tertiary/aromatic N) is 1. The lowest BCUT2D eigenvalue weighted by Gasteiger charge is -2.28. The highest BCUT2D eigenvalue weighted by Gasteiger charge is 2.39. The van der Waals surface area contributed by atoms with Crippen LogP contribution in [0.2, 0.25) is 0 Å². The molecule has 2 bridgehead atoms. The highest BCUT2D eigenvalue weighted by Crippen LogP contribution is 2.30. The Morgan fingerprint density at radius 3 is 2.87 bits per heavy atom. The number of carbonyl (C=O) groups excluding carboxylic acids is 1. The molecule has 1 aromatic carbocycles. The molecule has 1 amide bonds. The second-order valence-corrected chi connectivity index (χ2v) is 6.48. The van der Waals surface area contributed by atoms with E-state index in [0.29, 0.717) is 5.58 Å². The van der Waals surface area contributed by atoms with Gasteiger partial charge in [-0.05, 0) is 44.4 Å². The van der Waals surface area contributed by atoms with Crippen LogP contribution in [0.3, 0.4) is 0 Å². The van der Waals surface area contributed by atoms with Crippen LogP contribution in [0.1, 0.15) is 35.2 Å². The first kappa shape index (κ1) is 14.5. The van der Waals surface area contributed by atoms with E-state index in [1.54, 1.807) is 6.07 Å². The highest BCUT2D eigenvalue weighted by molar-refractivity contribution is 5.99. The standard InChI is InChI=1S/C18H20N2O3/c1-11-14-4-2-3-5-15(14)23-18(22)16(11)17(21)20-12-6-7-13(20)10-19-9-8-12/h2-5,12-13,19H,6-10H2,1H3. The predicted molar refractivity (Wildman–Crippen MR) is 87.7 cm³/mol. The summed E-state index contributed by atoms with van der Waals surface area (Å²) in [5.41, 5.74) is 0.927. The van der Waals surface area contributed by atoms with Gasteiger partial charge in [-0.25, -0.2) is 4.79 Å². The lowest BCUT2D eigenvalue weighted by Crippen LogP contribution is -2.44. The van der Waals surface area contributed by atoms with Crippen LogP contribution in [-0.4, -0.2) is 36.0 Å². The van der Waals surface area contributed by atoms with Crippen molar-refractivity contribution in [2.75, 3.05) is 13.1 Å². The van der Waals surface area contributed by atoms with Gasteiger partial charge in [-0.2, -0.15) is 0 Å². The zero-order valence-electron chi connectivity index (χ0n) is 13.2. The molecule has 5 nitrogen and oxygen atoms in total. The summed E-state index contributed by atoms with van der Waals surface area (Å²) in [6.45, 7) is 3.57. The molecular formula is C18H20N2O3. The van der Waals surface area contributed by atoms with Crippen molar-refractivity contribution in [1.82, 2.24) is 10.2 Å². The summed E-state index contributed by atoms with van der Waals surface area (Å²) in [6.07, 6.45) is 2.97. The van der Waals surface area contributed by atoms with Crippen molar-refractivity contribution in [3.63, 3.8) is 0 Å². The zero-order chi connectivity index (χ0) is 16.0. The van der Waals surface area contributed by atoms with Gasteiger partial charge in [-0.1, -0.05) is 18.2 Å². The number of carbonyl (C=O) groups is 1. The van der Waals surface area contributed by atoms with Crippen molar-refractivity contribution < 1.29 is 9.21 Å². The quantitative estimate of drug-likeness (QED) is 0.819. The van der Waals surface area contributed by atoms with Gasteiger partial charge in [0, 0.05) is 24.0 Å². The fourth-order valence-corrected chi connectivity index (χ4v) is 3.99. The van der Waals surface area contributed by atoms with Crippen LogP contribution in [0.25, 0.3) is 11.0 Å². The van der Waals surface area contributed by atoms with Crippen LogP contribution in [0.5, 0.6) is 0 Å². The molecule has 2 aliphatic rings. The van der Waals surface area contributed by atoms with E-state index in [2.05, 4.69) is 5.32 Å². The number of fused-ring (bicyclic) bond motifs is 3. The molecule has 5 heteroatoms. The number of rotatable bonds is 1. The van der Waals surface area contributed by atoms with E-state index in [1.807, 2.05) is 30.0 Å². The molecule has 1 N–H and O–H groups in total. The molecule has 1 aromatic heterocycles. The van der Waals surface area contributed by atoms with Crippen molar-refractivity contribution in [2.24, 2.45) is 0 Å². The minimum atomic E-state index is -0.525. The zero-order valence-corrected chi connectivity index (χ0v) is 13.2. The number of hydrogen-bond acceptors (Lipinski definition) is 4. The number of amides is 1. The van der Waals surface area contributed by atoms with Crippen LogP contribution in [0.15, 0.2) is 33.5 Å². The van der Waals surface area contributed by atoms with Crippen LogP contribution in [0, 0.1) is 6.92 Å². The van der Waals surface area contributed by atoms with E-state index in [1.165, 1.54) is 0 Å². The third-order valence-electron chi connectivity index (χ3n) is 5.18. The second kappa shape index (κ2) is 5.49. The summed E-state index contributed by atoms with van der Waals surface area (Å²) in [5, 5.41) is 4.21. The van der Waals surface area contributed by atoms with Gasteiger partial charge in [0.15, 0.2) is 0 Å². The lowest BCUT2D eigenvalue weighted by atomic mass is 10.0. The topological polar surface area (TPSA) is 62.6 Å². The molecule has 2 saturated heterocycles. The first-order chi connectivity index (χ1) is 11.2. The molecule has 2 fully saturated rings. The Labute approximate surface area is 134 Å². The first-order valence-electron chi connectivity index (χ1n) is 8.22. The van der Waals surface area contributed by atoms with Crippen molar-refractivity contribution in [3.8, 4) is 0 Å². The van der Waals surface area contributed by atoms with Gasteiger partial charge in [-0.15, -0.1) is 0 Å². The number of para-hydroxylation sites is 1. The van der Waals surface area contributed by atoms with E-state index in [0.717, 1.165) is 43.3 Å². The van der Waals surface area contributed by atoms with Crippen LogP contribution >= 0.6 is 0 Å². The predicted octanol–water partition coefficient (Wildman–Crippen LogP) is 2.07. The van der Waals surface area contributed by atoms with Crippen molar-refractivity contribution >= 4 is 16.9 Å². The van der Waals surface area contributed by atoms with E-state index < -0.39 is 5.63 Å². The molecule has 0 radical (unpaired) electrons. The largest absolute Gasteiger partial charge is 0.422 e. The molecule has 0 aliphatic carbocycles. The number of benzene rings is 1. The van der Waals surface area contributed by atoms with Gasteiger partial charge >= 0.3 is 5.63 Å². The van der Waals surface area contributed by atoms with Gasteiger partial charge in [-0.3, -0.25) is 4.79 Å². The fourth-order valence-electron chi connectivity index (χ4n) is 3.99. The summed E-state index contributed by atoms with van der Waals surface area (Å²) < 4.78 is 5.39. The normalized spacial score (nSPS) is 24.0. The maximum atomic E-state index is 13.1. The SMILES string of the molecule is Cc1c(C(=O)N2C3CCNCC2CC3)c(=O)oc2ccccc12. The van der Waals surface area contributed by atoms with Crippen LogP contribution in [0.4, 0.5) is 0 Å². The Morgan fingerprint density at radius 2 is 2.00 bits per heavy atom. The Hall–Kier alpha value is -2.14. The maximum Gasteiger partial charge on any atom is 0.349 e. The summed E-state index contributed by atoms with van der Waals surface area (Å²) >= 11 is 0. The monoisotopic (exact) mass is 312 g/mol. The minimum Gasteiger partial charge on any atom is -0.422 e. The minimum absolute atomic E-state index is 0.168. The number of hydrogen-bond donors (Lipinski definition) is 1. The van der Waals surface area contributed by atoms with Gasteiger partial charge in [0.25, 0.3) is 5.91 Å². The van der Waals surface area contributed by atoms with E-state index in [9.17, 15) is 9.59 Å². The maximum absolute atomic E-state index is 13.1. The van der Waals surface area contributed by atoms with Crippen molar-refractivity contribution in [3.05, 3.63) is 45.8 Å². The van der Waals surface area contributed by atoms with Gasteiger partial charge < -0.3 is 14.6 Å². The Balaban J connectivity index is 1.82. The Morgan fingerprint density at radius 1 is 1.22 bits per heavy atom. The van der Waals surface area contributed by atoms with Gasteiger partial charge in [0.05, 0.1) is 0 Å². The highest BCUT2D eigenvalue weighted by atomic mass is 16.4. The van der Waals surface area contributed by atoms with Crippen LogP contribution < -0.4 is 10.9 Å². The molecule has 3 heterocycles. The number of nitrogens with one attached hydrogen (secondary N) is 1. The summed E-state index contributed by atoms with van der Waals surface area (Å²) in [4.78, 5) is 27.5. The van der Waals surface area contributed by atoms with Crippen molar-refractivity contribution in [1.29, 1.82) is 0 Å². The third kappa shape index (κ3) is 2.27. The summed E-state index contributed by atoms with van der Waals surface area (Å²) in [7, 11) is 0. The first-order valence-corrected chi connectivity index (χ1v) is 8.22. The van der Waals surface area contributed by atoms with E-state index >= 15 is 0 Å². The summed E-state index contributed by atoms with van der Waals surface area (Å²) in [6, 6.07) is 7.78. The molecule has 120 valence electrons. The fraction of sp³-hybridized carbons (Fsp3) is 0.444. The van der Waals surface area contributed by atoms with Crippen LogP contribution in [-0.2, 0) is 0 Å². The smallest absolute Gasteiger partial charge is 0.349 e. The second-order valence-electron chi connectivity index (χ2n) is 6.48. The molecule has 2 aromatic rings. The van der Waals surface area contributed by atoms with E-state index in [4.69, 9.17) is 4.42 Å². The van der Waals surface area contributed by atoms with Gasteiger partial charge in [0.2, 0.25) is 0 Å². The molecule has 2 atom stereocenters. The average Bonchev–Trinajstić information content (AvgIpc) is 2.80. The van der Waals surface area contributed by atoms with Gasteiger partial charge in [0.1, 0.15) is 11.1 Å². The molecule has 0 saturated carbocycles.